The molecule has 2 aromatic rings. The number of nitriles is 1. The van der Waals surface area contributed by atoms with E-state index in [-0.39, 0.29) is 5.78 Å². The van der Waals surface area contributed by atoms with Crippen molar-refractivity contribution in [2.24, 2.45) is 0 Å². The fraction of sp³-hybridized carbons (Fsp3) is 0.263. The summed E-state index contributed by atoms with van der Waals surface area (Å²) in [6.45, 7) is 3.59. The smallest absolute Gasteiger partial charge is 0.161 e. The van der Waals surface area contributed by atoms with Gasteiger partial charge in [0.05, 0.1) is 11.6 Å². The number of ketones is 1. The number of allylic oxidation sites excluding steroid dienone is 2. The van der Waals surface area contributed by atoms with E-state index in [9.17, 15) is 4.79 Å². The van der Waals surface area contributed by atoms with Gasteiger partial charge in [0, 0.05) is 22.6 Å². The summed E-state index contributed by atoms with van der Waals surface area (Å²) in [6.07, 6.45) is 5.58. The molecule has 1 aromatic carbocycles. The van der Waals surface area contributed by atoms with Crippen LogP contribution in [0.25, 0.3) is 11.3 Å². The standard InChI is InChI=1S/C19H18N2O/c1-13-18(14(2)22)11-19(16-5-3-4-6-16)21(13)17-9-7-15(12-20)8-10-17/h5,7-11H,3-4,6H2,1-2H3. The molecule has 22 heavy (non-hydrogen) atoms. The van der Waals surface area contributed by atoms with Gasteiger partial charge >= 0.3 is 0 Å². The van der Waals surface area contributed by atoms with E-state index in [4.69, 9.17) is 5.26 Å². The van der Waals surface area contributed by atoms with Crippen LogP contribution in [0.1, 0.15) is 53.5 Å². The molecule has 1 aromatic heterocycles. The number of carbonyl (C=O) groups excluding carboxylic acids is 1. The molecule has 0 amide bonds. The molecule has 0 unspecified atom stereocenters. The summed E-state index contributed by atoms with van der Waals surface area (Å²) in [4.78, 5) is 11.9. The van der Waals surface area contributed by atoms with Crippen LogP contribution in [0.3, 0.4) is 0 Å². The van der Waals surface area contributed by atoms with Crippen molar-refractivity contribution < 1.29 is 4.79 Å². The third-order valence-corrected chi connectivity index (χ3v) is 4.25. The zero-order valence-electron chi connectivity index (χ0n) is 12.9. The topological polar surface area (TPSA) is 45.8 Å². The fourth-order valence-electron chi connectivity index (χ4n) is 3.12. The number of hydrogen-bond acceptors (Lipinski definition) is 2. The third-order valence-electron chi connectivity index (χ3n) is 4.25. The van der Waals surface area contributed by atoms with Gasteiger partial charge in [-0.2, -0.15) is 5.26 Å². The minimum Gasteiger partial charge on any atom is -0.313 e. The van der Waals surface area contributed by atoms with Crippen molar-refractivity contribution in [3.63, 3.8) is 0 Å². The van der Waals surface area contributed by atoms with Crippen LogP contribution in [-0.4, -0.2) is 10.4 Å². The molecule has 1 heterocycles. The van der Waals surface area contributed by atoms with Gasteiger partial charge < -0.3 is 4.57 Å². The molecule has 3 nitrogen and oxygen atoms in total. The minimum absolute atomic E-state index is 0.0877. The van der Waals surface area contributed by atoms with E-state index in [1.54, 1.807) is 6.92 Å². The Labute approximate surface area is 130 Å². The van der Waals surface area contributed by atoms with Crippen molar-refractivity contribution in [2.75, 3.05) is 0 Å². The number of nitrogens with zero attached hydrogens (tertiary/aromatic N) is 2. The largest absolute Gasteiger partial charge is 0.313 e. The van der Waals surface area contributed by atoms with Crippen molar-refractivity contribution in [2.45, 2.75) is 33.1 Å². The van der Waals surface area contributed by atoms with Gasteiger partial charge in [0.2, 0.25) is 0 Å². The Morgan fingerprint density at radius 1 is 1.27 bits per heavy atom. The quantitative estimate of drug-likeness (QED) is 0.785. The average molecular weight is 290 g/mol. The molecule has 3 heteroatoms. The van der Waals surface area contributed by atoms with Gasteiger partial charge in [-0.1, -0.05) is 6.08 Å². The highest BCUT2D eigenvalue weighted by atomic mass is 16.1. The van der Waals surface area contributed by atoms with Crippen LogP contribution in [0.4, 0.5) is 0 Å². The molecular formula is C19H18N2O. The predicted octanol–water partition coefficient (Wildman–Crippen LogP) is 4.43. The number of hydrogen-bond donors (Lipinski definition) is 0. The predicted molar refractivity (Wildman–Crippen MR) is 87.1 cm³/mol. The maximum Gasteiger partial charge on any atom is 0.161 e. The van der Waals surface area contributed by atoms with Crippen LogP contribution in [0, 0.1) is 18.3 Å². The second-order valence-electron chi connectivity index (χ2n) is 5.70. The molecule has 0 bridgehead atoms. The molecule has 0 aliphatic heterocycles. The first-order chi connectivity index (χ1) is 10.6. The van der Waals surface area contributed by atoms with E-state index in [1.165, 1.54) is 12.0 Å². The van der Waals surface area contributed by atoms with Gasteiger partial charge in [-0.15, -0.1) is 0 Å². The lowest BCUT2D eigenvalue weighted by atomic mass is 10.1. The molecular weight excluding hydrogens is 272 g/mol. The summed E-state index contributed by atoms with van der Waals surface area (Å²) in [5.74, 6) is 0.0877. The maximum atomic E-state index is 11.9. The highest BCUT2D eigenvalue weighted by Gasteiger charge is 2.19. The molecule has 0 saturated carbocycles. The lowest BCUT2D eigenvalue weighted by Gasteiger charge is -2.13. The first-order valence-electron chi connectivity index (χ1n) is 7.55. The number of rotatable bonds is 3. The normalized spacial score (nSPS) is 13.8. The molecule has 0 saturated heterocycles. The Kier molecular flexibility index (Phi) is 3.68. The van der Waals surface area contributed by atoms with Crippen LogP contribution in [0.15, 0.2) is 36.4 Å². The molecule has 0 spiro atoms. The Morgan fingerprint density at radius 2 is 2.00 bits per heavy atom. The number of aromatic nitrogens is 1. The van der Waals surface area contributed by atoms with Gasteiger partial charge in [0.1, 0.15) is 0 Å². The lowest BCUT2D eigenvalue weighted by molar-refractivity contribution is 0.101. The summed E-state index contributed by atoms with van der Waals surface area (Å²) < 4.78 is 2.13. The summed E-state index contributed by atoms with van der Waals surface area (Å²) in [5.41, 5.74) is 5.77. The summed E-state index contributed by atoms with van der Waals surface area (Å²) >= 11 is 0. The van der Waals surface area contributed by atoms with E-state index in [0.717, 1.165) is 35.5 Å². The van der Waals surface area contributed by atoms with Crippen molar-refractivity contribution in [1.29, 1.82) is 5.26 Å². The molecule has 1 aliphatic carbocycles. The zero-order valence-corrected chi connectivity index (χ0v) is 12.9. The fourth-order valence-corrected chi connectivity index (χ4v) is 3.12. The van der Waals surface area contributed by atoms with Crippen molar-refractivity contribution in [3.8, 4) is 11.8 Å². The molecule has 0 N–H and O–H groups in total. The van der Waals surface area contributed by atoms with Crippen LogP contribution in [-0.2, 0) is 0 Å². The van der Waals surface area contributed by atoms with Crippen molar-refractivity contribution in [3.05, 3.63) is 58.9 Å². The lowest BCUT2D eigenvalue weighted by Crippen LogP contribution is -2.02. The van der Waals surface area contributed by atoms with Crippen molar-refractivity contribution >= 4 is 11.4 Å². The number of Topliss-reactive ketones (excluding diaryl/α,β-unsaturated/α-hetero) is 1. The monoisotopic (exact) mass is 290 g/mol. The van der Waals surface area contributed by atoms with Crippen LogP contribution < -0.4 is 0 Å². The van der Waals surface area contributed by atoms with Gasteiger partial charge in [0.25, 0.3) is 0 Å². The second-order valence-corrected chi connectivity index (χ2v) is 5.70. The number of benzene rings is 1. The first-order valence-corrected chi connectivity index (χ1v) is 7.55. The molecule has 3 rings (SSSR count). The maximum absolute atomic E-state index is 11.9. The first kappa shape index (κ1) is 14.3. The van der Waals surface area contributed by atoms with E-state index in [1.807, 2.05) is 37.3 Å². The Bertz CT molecular complexity index is 801. The molecule has 0 radical (unpaired) electrons. The highest BCUT2D eigenvalue weighted by molar-refractivity contribution is 5.96. The van der Waals surface area contributed by atoms with Gasteiger partial charge in [0.15, 0.2) is 5.78 Å². The molecule has 0 fully saturated rings. The minimum atomic E-state index is 0.0877. The average Bonchev–Trinajstić information content (AvgIpc) is 3.14. The Morgan fingerprint density at radius 3 is 2.55 bits per heavy atom. The highest BCUT2D eigenvalue weighted by Crippen LogP contribution is 2.33. The SMILES string of the molecule is CC(=O)c1cc(C2=CCCC2)n(-c2ccc(C#N)cc2)c1C. The van der Waals surface area contributed by atoms with Gasteiger partial charge in [-0.05, 0) is 69.0 Å². The van der Waals surface area contributed by atoms with Crippen LogP contribution in [0.2, 0.25) is 0 Å². The van der Waals surface area contributed by atoms with Gasteiger partial charge in [-0.3, -0.25) is 4.79 Å². The van der Waals surface area contributed by atoms with E-state index in [2.05, 4.69) is 16.7 Å². The Hall–Kier alpha value is -2.60. The molecule has 1 aliphatic rings. The second kappa shape index (κ2) is 5.65. The third kappa shape index (κ3) is 2.37. The molecule has 0 atom stereocenters. The van der Waals surface area contributed by atoms with Crippen molar-refractivity contribution in [1.82, 2.24) is 4.57 Å². The summed E-state index contributed by atoms with van der Waals surface area (Å²) in [5, 5.41) is 8.95. The molecule has 110 valence electrons. The van der Waals surface area contributed by atoms with E-state index in [0.29, 0.717) is 5.56 Å². The summed E-state index contributed by atoms with van der Waals surface area (Å²) in [7, 11) is 0. The summed E-state index contributed by atoms with van der Waals surface area (Å²) in [6, 6.07) is 11.7. The van der Waals surface area contributed by atoms with E-state index >= 15 is 0 Å². The Balaban J connectivity index is 2.19. The van der Waals surface area contributed by atoms with Gasteiger partial charge in [-0.25, -0.2) is 0 Å². The number of carbonyl (C=O) groups is 1. The van der Waals surface area contributed by atoms with Crippen LogP contribution >= 0.6 is 0 Å². The van der Waals surface area contributed by atoms with Crippen LogP contribution in [0.5, 0.6) is 0 Å². The van der Waals surface area contributed by atoms with E-state index < -0.39 is 0 Å². The zero-order chi connectivity index (χ0) is 15.7.